The standard InChI is InChI=1S/C12H21NO6.2C6H15NO3/c14-11(15)9-7-5-3-1-2-4-6-8-10(12(16)17)13(18)19;2*8-4-1-7(2-5-9)3-6-10/h10H,1-9H2,(H,14,15)(H,16,17);2*8-10H,1-6H2. The number of aliphatic hydroxyl groups is 6. The number of rotatable bonds is 24. The Morgan fingerprint density at radius 1 is 0.590 bits per heavy atom. The second kappa shape index (κ2) is 32.2. The van der Waals surface area contributed by atoms with Gasteiger partial charge in [-0.05, 0) is 12.8 Å². The molecule has 0 aromatic rings. The third-order valence-corrected chi connectivity index (χ3v) is 5.41. The first-order valence-corrected chi connectivity index (χ1v) is 13.3. The molecule has 0 rings (SSSR count). The maximum atomic E-state index is 10.5. The molecule has 1 unspecified atom stereocenters. The maximum Gasteiger partial charge on any atom is 0.379 e. The Kier molecular flexibility index (Phi) is 34.3. The fraction of sp³-hybridized carbons (Fsp3) is 0.917. The molecule has 0 bridgehead atoms. The molecule has 0 aliphatic rings. The molecular formula is C24H51N3O12. The van der Waals surface area contributed by atoms with Gasteiger partial charge < -0.3 is 40.9 Å². The van der Waals surface area contributed by atoms with Crippen molar-refractivity contribution < 1.29 is 55.4 Å². The van der Waals surface area contributed by atoms with E-state index >= 15 is 0 Å². The monoisotopic (exact) mass is 573 g/mol. The average molecular weight is 574 g/mol. The summed E-state index contributed by atoms with van der Waals surface area (Å²) in [5, 5.41) is 78.3. The zero-order valence-corrected chi connectivity index (χ0v) is 23.0. The predicted molar refractivity (Wildman–Crippen MR) is 143 cm³/mol. The van der Waals surface area contributed by atoms with Gasteiger partial charge >= 0.3 is 18.0 Å². The summed E-state index contributed by atoms with van der Waals surface area (Å²) in [7, 11) is 0. The summed E-state index contributed by atoms with van der Waals surface area (Å²) in [6, 6.07) is -1.49. The molecule has 39 heavy (non-hydrogen) atoms. The van der Waals surface area contributed by atoms with Crippen molar-refractivity contribution in [1.82, 2.24) is 9.80 Å². The fourth-order valence-corrected chi connectivity index (χ4v) is 3.34. The molecule has 234 valence electrons. The highest BCUT2D eigenvalue weighted by Gasteiger charge is 2.27. The van der Waals surface area contributed by atoms with E-state index in [1.165, 1.54) is 0 Å². The summed E-state index contributed by atoms with van der Waals surface area (Å²) in [6.07, 6.45) is 5.93. The van der Waals surface area contributed by atoms with Gasteiger partial charge in [0.05, 0.1) is 39.6 Å². The SMILES string of the molecule is O=C(O)CCCCCCCCCC(C(=O)O)[N+](=O)[O-].OCCN(CCO)CCO.OCCN(CCO)CCO. The molecule has 0 saturated heterocycles. The molecule has 0 amide bonds. The smallest absolute Gasteiger partial charge is 0.379 e. The molecule has 0 aliphatic heterocycles. The van der Waals surface area contributed by atoms with Crippen molar-refractivity contribution in [2.75, 3.05) is 78.9 Å². The number of aliphatic carboxylic acids is 2. The first-order chi connectivity index (χ1) is 18.6. The number of nitrogens with zero attached hydrogens (tertiary/aromatic N) is 3. The predicted octanol–water partition coefficient (Wildman–Crippen LogP) is -1.16. The van der Waals surface area contributed by atoms with Gasteiger partial charge in [-0.25, -0.2) is 4.79 Å². The van der Waals surface area contributed by atoms with Crippen LogP contribution in [0.1, 0.15) is 57.8 Å². The van der Waals surface area contributed by atoms with Crippen LogP contribution in [-0.4, -0.2) is 152 Å². The first-order valence-electron chi connectivity index (χ1n) is 13.3. The van der Waals surface area contributed by atoms with Gasteiger partial charge in [0.15, 0.2) is 0 Å². The molecule has 15 heteroatoms. The van der Waals surface area contributed by atoms with E-state index in [1.54, 1.807) is 9.80 Å². The van der Waals surface area contributed by atoms with E-state index in [9.17, 15) is 19.7 Å². The number of carbonyl (C=O) groups is 2. The molecule has 0 saturated carbocycles. The van der Waals surface area contributed by atoms with Crippen molar-refractivity contribution >= 4 is 11.9 Å². The van der Waals surface area contributed by atoms with Crippen molar-refractivity contribution in [1.29, 1.82) is 0 Å². The van der Waals surface area contributed by atoms with Crippen LogP contribution in [0.5, 0.6) is 0 Å². The second-order valence-electron chi connectivity index (χ2n) is 8.57. The third-order valence-electron chi connectivity index (χ3n) is 5.41. The van der Waals surface area contributed by atoms with Gasteiger partial charge in [-0.3, -0.25) is 24.7 Å². The summed E-state index contributed by atoms with van der Waals surface area (Å²) in [4.78, 5) is 34.0. The lowest BCUT2D eigenvalue weighted by Gasteiger charge is -2.17. The van der Waals surface area contributed by atoms with Crippen LogP contribution in [0.15, 0.2) is 0 Å². The van der Waals surface area contributed by atoms with Crippen molar-refractivity contribution in [3.05, 3.63) is 10.1 Å². The Morgan fingerprint density at radius 3 is 1.15 bits per heavy atom. The number of aliphatic hydroxyl groups excluding tert-OH is 6. The number of hydrogen-bond acceptors (Lipinski definition) is 12. The molecule has 8 N–H and O–H groups in total. The Morgan fingerprint density at radius 2 is 0.897 bits per heavy atom. The molecule has 0 radical (unpaired) electrons. The second-order valence-corrected chi connectivity index (χ2v) is 8.57. The highest BCUT2D eigenvalue weighted by molar-refractivity contribution is 5.71. The van der Waals surface area contributed by atoms with Gasteiger partial charge in [0.25, 0.3) is 0 Å². The van der Waals surface area contributed by atoms with E-state index in [-0.39, 0.29) is 52.5 Å². The van der Waals surface area contributed by atoms with Crippen molar-refractivity contribution in [3.63, 3.8) is 0 Å². The van der Waals surface area contributed by atoms with Gasteiger partial charge in [-0.1, -0.05) is 32.1 Å². The van der Waals surface area contributed by atoms with Crippen LogP contribution in [0.3, 0.4) is 0 Å². The van der Waals surface area contributed by atoms with Crippen molar-refractivity contribution in [2.24, 2.45) is 0 Å². The number of carboxylic acids is 2. The van der Waals surface area contributed by atoms with Gasteiger partial charge in [-0.2, -0.15) is 0 Å². The van der Waals surface area contributed by atoms with Crippen LogP contribution in [-0.2, 0) is 9.59 Å². The maximum absolute atomic E-state index is 10.5. The zero-order chi connectivity index (χ0) is 30.3. The molecule has 0 aliphatic carbocycles. The largest absolute Gasteiger partial charge is 0.481 e. The third kappa shape index (κ3) is 32.1. The Bertz CT molecular complexity index is 512. The highest BCUT2D eigenvalue weighted by Crippen LogP contribution is 2.11. The summed E-state index contributed by atoms with van der Waals surface area (Å²) >= 11 is 0. The Balaban J connectivity index is -0.000000547. The molecule has 15 nitrogen and oxygen atoms in total. The molecular weight excluding hydrogens is 522 g/mol. The van der Waals surface area contributed by atoms with E-state index in [2.05, 4.69) is 0 Å². The molecule has 0 fully saturated rings. The Hall–Kier alpha value is -1.98. The van der Waals surface area contributed by atoms with Crippen molar-refractivity contribution in [3.8, 4) is 0 Å². The minimum atomic E-state index is -1.49. The quantitative estimate of drug-likeness (QED) is 0.0386. The molecule has 0 aromatic heterocycles. The molecule has 1 atom stereocenters. The summed E-state index contributed by atoms with van der Waals surface area (Å²) in [5.74, 6) is -2.15. The highest BCUT2D eigenvalue weighted by atomic mass is 16.6. The average Bonchev–Trinajstić information content (AvgIpc) is 2.86. The van der Waals surface area contributed by atoms with E-state index in [1.807, 2.05) is 0 Å². The van der Waals surface area contributed by atoms with E-state index in [4.69, 9.17) is 40.9 Å². The van der Waals surface area contributed by atoms with Crippen LogP contribution in [0.25, 0.3) is 0 Å². The van der Waals surface area contributed by atoms with Gasteiger partial charge in [0.1, 0.15) is 0 Å². The van der Waals surface area contributed by atoms with Crippen LogP contribution < -0.4 is 0 Å². The number of nitro groups is 1. The lowest BCUT2D eigenvalue weighted by Crippen LogP contribution is -2.32. The minimum Gasteiger partial charge on any atom is -0.481 e. The van der Waals surface area contributed by atoms with Crippen LogP contribution in [0.4, 0.5) is 0 Å². The molecule has 0 aromatic carbocycles. The topological polar surface area (TPSA) is 246 Å². The fourth-order valence-electron chi connectivity index (χ4n) is 3.34. The molecule has 0 heterocycles. The summed E-state index contributed by atoms with van der Waals surface area (Å²) < 4.78 is 0. The normalized spacial score (nSPS) is 11.4. The number of hydrogen-bond donors (Lipinski definition) is 8. The van der Waals surface area contributed by atoms with Gasteiger partial charge in [0, 0.05) is 57.0 Å². The lowest BCUT2D eigenvalue weighted by molar-refractivity contribution is -0.511. The van der Waals surface area contributed by atoms with Gasteiger partial charge in [-0.15, -0.1) is 0 Å². The van der Waals surface area contributed by atoms with E-state index < -0.39 is 22.9 Å². The van der Waals surface area contributed by atoms with Crippen LogP contribution in [0, 0.1) is 10.1 Å². The summed E-state index contributed by atoms with van der Waals surface area (Å²) in [5.41, 5.74) is 0. The zero-order valence-electron chi connectivity index (χ0n) is 23.0. The Labute approximate surface area is 230 Å². The first kappa shape index (κ1) is 41.5. The number of carboxylic acid groups (broad SMARTS) is 2. The molecule has 0 spiro atoms. The van der Waals surface area contributed by atoms with E-state index in [0.717, 1.165) is 32.1 Å². The van der Waals surface area contributed by atoms with Crippen molar-refractivity contribution in [2.45, 2.75) is 63.8 Å². The minimum absolute atomic E-state index is 0.0694. The van der Waals surface area contributed by atoms with E-state index in [0.29, 0.717) is 52.1 Å². The van der Waals surface area contributed by atoms with Crippen LogP contribution in [0.2, 0.25) is 0 Å². The number of unbranched alkanes of at least 4 members (excludes halogenated alkanes) is 6. The van der Waals surface area contributed by atoms with Gasteiger partial charge in [0.2, 0.25) is 0 Å². The van der Waals surface area contributed by atoms with Crippen LogP contribution >= 0.6 is 0 Å². The summed E-state index contributed by atoms with van der Waals surface area (Å²) in [6.45, 7) is 3.51. The lowest BCUT2D eigenvalue weighted by atomic mass is 10.0.